The monoisotopic (exact) mass is 222 g/mol. The Bertz CT molecular complexity index is 399. The van der Waals surface area contributed by atoms with Crippen LogP contribution in [0.25, 0.3) is 0 Å². The van der Waals surface area contributed by atoms with Gasteiger partial charge in [-0.25, -0.2) is 0 Å². The van der Waals surface area contributed by atoms with Crippen molar-refractivity contribution in [2.24, 2.45) is 0 Å². The van der Waals surface area contributed by atoms with E-state index in [2.05, 4.69) is 6.92 Å². The molecule has 16 heavy (non-hydrogen) atoms. The minimum atomic E-state index is -0.424. The van der Waals surface area contributed by atoms with Crippen molar-refractivity contribution in [2.75, 3.05) is 14.2 Å². The van der Waals surface area contributed by atoms with E-state index in [1.807, 2.05) is 6.07 Å². The van der Waals surface area contributed by atoms with Gasteiger partial charge in [-0.05, 0) is 43.4 Å². The average Bonchev–Trinajstić information content (AvgIpc) is 2.29. The predicted octanol–water partition coefficient (Wildman–Crippen LogP) is 2.38. The molecular weight excluding hydrogens is 204 g/mol. The summed E-state index contributed by atoms with van der Waals surface area (Å²) in [7, 11) is 3.24. The highest BCUT2D eigenvalue weighted by molar-refractivity contribution is 5.56. The number of hydrogen-bond donors (Lipinski definition) is 1. The molecule has 1 N–H and O–H groups in total. The van der Waals surface area contributed by atoms with Gasteiger partial charge in [-0.3, -0.25) is 0 Å². The lowest BCUT2D eigenvalue weighted by Crippen LogP contribution is -2.13. The van der Waals surface area contributed by atoms with E-state index in [1.165, 1.54) is 11.1 Å². The van der Waals surface area contributed by atoms with Crippen LogP contribution >= 0.6 is 0 Å². The molecule has 88 valence electrons. The van der Waals surface area contributed by atoms with E-state index >= 15 is 0 Å². The van der Waals surface area contributed by atoms with E-state index in [-0.39, 0.29) is 0 Å². The second-order valence-corrected chi connectivity index (χ2v) is 4.23. The minimum absolute atomic E-state index is 0.424. The fraction of sp³-hybridized carbons (Fsp3) is 0.538. The quantitative estimate of drug-likeness (QED) is 0.835. The summed E-state index contributed by atoms with van der Waals surface area (Å²) in [6, 6.07) is 1.98. The topological polar surface area (TPSA) is 38.7 Å². The first-order valence-electron chi connectivity index (χ1n) is 5.61. The Morgan fingerprint density at radius 1 is 1.31 bits per heavy atom. The van der Waals surface area contributed by atoms with Crippen molar-refractivity contribution in [3.05, 3.63) is 22.8 Å². The molecule has 1 aromatic carbocycles. The molecule has 0 radical (unpaired) electrons. The van der Waals surface area contributed by atoms with E-state index < -0.39 is 6.10 Å². The van der Waals surface area contributed by atoms with Crippen molar-refractivity contribution in [1.82, 2.24) is 0 Å². The Morgan fingerprint density at radius 3 is 2.69 bits per heavy atom. The maximum Gasteiger partial charge on any atom is 0.166 e. The first kappa shape index (κ1) is 11.3. The molecule has 0 aliphatic heterocycles. The van der Waals surface area contributed by atoms with Crippen molar-refractivity contribution in [2.45, 2.75) is 32.3 Å². The van der Waals surface area contributed by atoms with Gasteiger partial charge in [-0.2, -0.15) is 0 Å². The molecule has 2 rings (SSSR count). The van der Waals surface area contributed by atoms with E-state index in [1.54, 1.807) is 14.2 Å². The predicted molar refractivity (Wildman–Crippen MR) is 62.2 cm³/mol. The molecule has 0 saturated heterocycles. The summed E-state index contributed by atoms with van der Waals surface area (Å²) < 4.78 is 10.7. The molecule has 0 saturated carbocycles. The van der Waals surface area contributed by atoms with Gasteiger partial charge in [0, 0.05) is 5.56 Å². The summed E-state index contributed by atoms with van der Waals surface area (Å²) >= 11 is 0. The van der Waals surface area contributed by atoms with Crippen LogP contribution in [0.3, 0.4) is 0 Å². The number of ether oxygens (including phenoxy) is 2. The Morgan fingerprint density at radius 2 is 2.06 bits per heavy atom. The molecule has 3 heteroatoms. The van der Waals surface area contributed by atoms with E-state index in [0.717, 1.165) is 24.8 Å². The second-order valence-electron chi connectivity index (χ2n) is 4.23. The molecule has 1 aliphatic rings. The third-order valence-electron chi connectivity index (χ3n) is 3.28. The fourth-order valence-electron chi connectivity index (χ4n) is 2.49. The summed E-state index contributed by atoms with van der Waals surface area (Å²) in [4.78, 5) is 0. The molecule has 1 aliphatic carbocycles. The van der Waals surface area contributed by atoms with Gasteiger partial charge in [0.25, 0.3) is 0 Å². The zero-order chi connectivity index (χ0) is 11.7. The molecule has 0 unspecified atom stereocenters. The van der Waals surface area contributed by atoms with E-state index in [4.69, 9.17) is 9.47 Å². The molecule has 0 aromatic heterocycles. The molecule has 0 amide bonds. The molecule has 1 aromatic rings. The summed E-state index contributed by atoms with van der Waals surface area (Å²) in [5, 5.41) is 10.1. The summed E-state index contributed by atoms with van der Waals surface area (Å²) in [5.41, 5.74) is 3.31. The molecule has 1 atom stereocenters. The summed E-state index contributed by atoms with van der Waals surface area (Å²) in [6.45, 7) is 2.05. The van der Waals surface area contributed by atoms with Crippen LogP contribution in [0.15, 0.2) is 6.07 Å². The lowest BCUT2D eigenvalue weighted by Gasteiger charge is -2.26. The third kappa shape index (κ3) is 1.65. The van der Waals surface area contributed by atoms with Crippen molar-refractivity contribution in [1.29, 1.82) is 0 Å². The number of methoxy groups -OCH3 is 2. The number of fused-ring (bicyclic) bond motifs is 1. The number of rotatable bonds is 2. The first-order valence-corrected chi connectivity index (χ1v) is 5.61. The summed E-state index contributed by atoms with van der Waals surface area (Å²) in [6.07, 6.45) is 2.42. The van der Waals surface area contributed by atoms with Crippen LogP contribution in [0, 0.1) is 6.92 Å². The molecule has 0 heterocycles. The minimum Gasteiger partial charge on any atom is -0.493 e. The van der Waals surface area contributed by atoms with Crippen molar-refractivity contribution in [3.8, 4) is 11.5 Å². The van der Waals surface area contributed by atoms with Crippen LogP contribution < -0.4 is 9.47 Å². The maximum atomic E-state index is 10.1. The largest absolute Gasteiger partial charge is 0.493 e. The number of aryl methyl sites for hydroxylation is 1. The first-order chi connectivity index (χ1) is 7.69. The highest BCUT2D eigenvalue weighted by atomic mass is 16.5. The standard InChI is InChI=1S/C13H18O3/c1-8-7-11(15-2)13(16-3)12-9(8)5-4-6-10(12)14/h7,10,14H,4-6H2,1-3H3/t10-/m1/s1. The van der Waals surface area contributed by atoms with Gasteiger partial charge in [-0.15, -0.1) is 0 Å². The van der Waals surface area contributed by atoms with Crippen LogP contribution in [0.4, 0.5) is 0 Å². The molecule has 0 fully saturated rings. The SMILES string of the molecule is COc1cc(C)c2c(c1OC)[C@H](O)CCC2. The zero-order valence-corrected chi connectivity index (χ0v) is 10.0. The van der Waals surface area contributed by atoms with Crippen molar-refractivity contribution < 1.29 is 14.6 Å². The normalized spacial score (nSPS) is 19.1. The number of benzene rings is 1. The molecule has 0 bridgehead atoms. The lowest BCUT2D eigenvalue weighted by atomic mass is 9.85. The van der Waals surface area contributed by atoms with Crippen LogP contribution in [-0.4, -0.2) is 19.3 Å². The molecule has 3 nitrogen and oxygen atoms in total. The Hall–Kier alpha value is -1.22. The van der Waals surface area contributed by atoms with Gasteiger partial charge in [0.1, 0.15) is 0 Å². The van der Waals surface area contributed by atoms with Crippen LogP contribution in [-0.2, 0) is 6.42 Å². The van der Waals surface area contributed by atoms with Gasteiger partial charge in [0.2, 0.25) is 0 Å². The Balaban J connectivity index is 2.65. The van der Waals surface area contributed by atoms with Gasteiger partial charge >= 0.3 is 0 Å². The Labute approximate surface area is 96.0 Å². The van der Waals surface area contributed by atoms with Crippen LogP contribution in [0.2, 0.25) is 0 Å². The molecule has 0 spiro atoms. The zero-order valence-electron chi connectivity index (χ0n) is 10.0. The number of hydrogen-bond acceptors (Lipinski definition) is 3. The number of aliphatic hydroxyl groups is 1. The Kier molecular flexibility index (Phi) is 3.06. The maximum absolute atomic E-state index is 10.1. The average molecular weight is 222 g/mol. The van der Waals surface area contributed by atoms with Crippen LogP contribution in [0.5, 0.6) is 11.5 Å². The van der Waals surface area contributed by atoms with Gasteiger partial charge in [-0.1, -0.05) is 0 Å². The van der Waals surface area contributed by atoms with E-state index in [9.17, 15) is 5.11 Å². The second kappa shape index (κ2) is 4.34. The van der Waals surface area contributed by atoms with Crippen molar-refractivity contribution >= 4 is 0 Å². The van der Waals surface area contributed by atoms with Gasteiger partial charge in [0.05, 0.1) is 20.3 Å². The van der Waals surface area contributed by atoms with Gasteiger partial charge < -0.3 is 14.6 Å². The smallest absolute Gasteiger partial charge is 0.166 e. The highest BCUT2D eigenvalue weighted by Gasteiger charge is 2.26. The fourth-order valence-corrected chi connectivity index (χ4v) is 2.49. The highest BCUT2D eigenvalue weighted by Crippen LogP contribution is 2.43. The molecular formula is C13H18O3. The van der Waals surface area contributed by atoms with Gasteiger partial charge in [0.15, 0.2) is 11.5 Å². The third-order valence-corrected chi connectivity index (χ3v) is 3.28. The lowest BCUT2D eigenvalue weighted by molar-refractivity contribution is 0.151. The number of aliphatic hydroxyl groups excluding tert-OH is 1. The van der Waals surface area contributed by atoms with Crippen molar-refractivity contribution in [3.63, 3.8) is 0 Å². The summed E-state index contributed by atoms with van der Waals surface area (Å²) in [5.74, 6) is 1.40. The van der Waals surface area contributed by atoms with Crippen LogP contribution in [0.1, 0.15) is 35.6 Å². The van der Waals surface area contributed by atoms with E-state index in [0.29, 0.717) is 11.5 Å².